The Kier molecular flexibility index (Phi) is 4.15. The third-order valence-electron chi connectivity index (χ3n) is 2.48. The first kappa shape index (κ1) is 12.5. The highest BCUT2D eigenvalue weighted by Crippen LogP contribution is 2.25. The van der Waals surface area contributed by atoms with Crippen molar-refractivity contribution in [3.05, 3.63) is 41.2 Å². The zero-order valence-corrected chi connectivity index (χ0v) is 11.5. The lowest BCUT2D eigenvalue weighted by molar-refractivity contribution is 0.822. The zero-order valence-electron chi connectivity index (χ0n) is 9.88. The highest BCUT2D eigenvalue weighted by molar-refractivity contribution is 8.00. The number of benzene rings is 1. The number of aromatic nitrogens is 2. The largest absolute Gasteiger partial charge is 0.323 e. The number of aryl methyl sites for hydroxylation is 2. The quantitative estimate of drug-likeness (QED) is 0.864. The smallest absolute Gasteiger partial charge is 0.170 e. The van der Waals surface area contributed by atoms with Gasteiger partial charge in [-0.25, -0.2) is 4.98 Å². The maximum absolute atomic E-state index is 6.19. The average molecular weight is 265 g/mol. The van der Waals surface area contributed by atoms with Gasteiger partial charge in [-0.3, -0.25) is 0 Å². The summed E-state index contributed by atoms with van der Waals surface area (Å²) >= 11 is 3.11. The molecular weight excluding hydrogens is 250 g/mol. The van der Waals surface area contributed by atoms with Gasteiger partial charge in [-0.05, 0) is 36.5 Å². The molecule has 0 spiro atoms. The van der Waals surface area contributed by atoms with E-state index in [4.69, 9.17) is 5.73 Å². The predicted octanol–water partition coefficient (Wildman–Crippen LogP) is 2.95. The van der Waals surface area contributed by atoms with Gasteiger partial charge in [0.1, 0.15) is 5.82 Å². The van der Waals surface area contributed by atoms with E-state index in [1.807, 2.05) is 19.1 Å². The summed E-state index contributed by atoms with van der Waals surface area (Å²) in [6.07, 6.45) is 0. The van der Waals surface area contributed by atoms with Crippen molar-refractivity contribution in [1.29, 1.82) is 0 Å². The van der Waals surface area contributed by atoms with Crippen LogP contribution in [0.15, 0.2) is 28.6 Å². The third kappa shape index (κ3) is 3.28. The zero-order chi connectivity index (χ0) is 12.3. The van der Waals surface area contributed by atoms with Crippen LogP contribution in [-0.2, 0) is 0 Å². The molecule has 90 valence electrons. The van der Waals surface area contributed by atoms with Gasteiger partial charge in [0, 0.05) is 11.8 Å². The first-order valence-corrected chi connectivity index (χ1v) is 7.17. The van der Waals surface area contributed by atoms with Gasteiger partial charge in [-0.2, -0.15) is 4.37 Å². The molecule has 5 heteroatoms. The highest BCUT2D eigenvalue weighted by Gasteiger charge is 2.10. The topological polar surface area (TPSA) is 51.8 Å². The van der Waals surface area contributed by atoms with Crippen LogP contribution in [-0.4, -0.2) is 15.1 Å². The Morgan fingerprint density at radius 3 is 2.76 bits per heavy atom. The van der Waals surface area contributed by atoms with Crippen molar-refractivity contribution in [3.8, 4) is 0 Å². The number of hydrogen-bond acceptors (Lipinski definition) is 5. The summed E-state index contributed by atoms with van der Waals surface area (Å²) in [5.41, 5.74) is 8.64. The lowest BCUT2D eigenvalue weighted by Crippen LogP contribution is -2.14. The van der Waals surface area contributed by atoms with Crippen LogP contribution in [0.3, 0.4) is 0 Å². The molecule has 2 aromatic rings. The van der Waals surface area contributed by atoms with E-state index < -0.39 is 0 Å². The summed E-state index contributed by atoms with van der Waals surface area (Å²) in [6.45, 7) is 4.00. The molecule has 1 unspecified atom stereocenters. The molecule has 0 saturated heterocycles. The van der Waals surface area contributed by atoms with Crippen molar-refractivity contribution in [3.63, 3.8) is 0 Å². The minimum absolute atomic E-state index is 0.0467. The Bertz CT molecular complexity index is 496. The van der Waals surface area contributed by atoms with Crippen LogP contribution in [0.4, 0.5) is 0 Å². The van der Waals surface area contributed by atoms with E-state index in [0.29, 0.717) is 0 Å². The lowest BCUT2D eigenvalue weighted by atomic mass is 10.0. The van der Waals surface area contributed by atoms with Crippen molar-refractivity contribution >= 4 is 23.3 Å². The monoisotopic (exact) mass is 265 g/mol. The van der Waals surface area contributed by atoms with Crippen molar-refractivity contribution in [2.45, 2.75) is 24.2 Å². The molecule has 0 saturated carbocycles. The second-order valence-corrected chi connectivity index (χ2v) is 5.90. The van der Waals surface area contributed by atoms with Gasteiger partial charge in [0.2, 0.25) is 0 Å². The second-order valence-electron chi connectivity index (χ2n) is 3.88. The van der Waals surface area contributed by atoms with Crippen molar-refractivity contribution in [2.24, 2.45) is 5.73 Å². The van der Waals surface area contributed by atoms with Crippen LogP contribution in [0.2, 0.25) is 0 Å². The minimum atomic E-state index is 0.0467. The number of thioether (sulfide) groups is 1. The van der Waals surface area contributed by atoms with E-state index in [-0.39, 0.29) is 6.04 Å². The minimum Gasteiger partial charge on any atom is -0.323 e. The molecule has 1 aromatic carbocycles. The Morgan fingerprint density at radius 2 is 2.12 bits per heavy atom. The van der Waals surface area contributed by atoms with Crippen LogP contribution in [0.1, 0.15) is 23.0 Å². The summed E-state index contributed by atoms with van der Waals surface area (Å²) in [7, 11) is 0. The number of nitrogens with two attached hydrogens (primary N) is 1. The lowest BCUT2D eigenvalue weighted by Gasteiger charge is -2.13. The second kappa shape index (κ2) is 5.62. The highest BCUT2D eigenvalue weighted by atomic mass is 32.2. The molecule has 1 atom stereocenters. The summed E-state index contributed by atoms with van der Waals surface area (Å²) in [5, 5.41) is 0. The number of nitrogens with zero attached hydrogens (tertiary/aromatic N) is 2. The van der Waals surface area contributed by atoms with E-state index in [1.54, 1.807) is 11.8 Å². The van der Waals surface area contributed by atoms with E-state index >= 15 is 0 Å². The molecule has 2 N–H and O–H groups in total. The Balaban J connectivity index is 1.98. The predicted molar refractivity (Wildman–Crippen MR) is 73.5 cm³/mol. The van der Waals surface area contributed by atoms with Crippen molar-refractivity contribution < 1.29 is 0 Å². The molecule has 2 rings (SSSR count). The molecule has 1 heterocycles. The fourth-order valence-electron chi connectivity index (χ4n) is 1.59. The summed E-state index contributed by atoms with van der Waals surface area (Å²) < 4.78 is 5.15. The molecule has 0 aliphatic heterocycles. The maximum atomic E-state index is 6.19. The van der Waals surface area contributed by atoms with Crippen molar-refractivity contribution in [2.75, 3.05) is 5.75 Å². The van der Waals surface area contributed by atoms with E-state index in [0.717, 1.165) is 15.9 Å². The molecular formula is C12H15N3S2. The molecule has 0 radical (unpaired) electrons. The SMILES string of the molecule is Cc1nsc(SCC(N)c2ccccc2C)n1. The fourth-order valence-corrected chi connectivity index (χ4v) is 3.24. The van der Waals surface area contributed by atoms with E-state index in [1.165, 1.54) is 22.7 Å². The molecule has 0 fully saturated rings. The first-order chi connectivity index (χ1) is 8.16. The average Bonchev–Trinajstić information content (AvgIpc) is 2.73. The van der Waals surface area contributed by atoms with Crippen LogP contribution in [0.5, 0.6) is 0 Å². The van der Waals surface area contributed by atoms with Gasteiger partial charge >= 0.3 is 0 Å². The molecule has 0 aliphatic carbocycles. The molecule has 1 aromatic heterocycles. The third-order valence-corrected chi connectivity index (χ3v) is 4.53. The summed E-state index contributed by atoms with van der Waals surface area (Å²) in [4.78, 5) is 4.31. The number of rotatable bonds is 4. The van der Waals surface area contributed by atoms with E-state index in [9.17, 15) is 0 Å². The van der Waals surface area contributed by atoms with E-state index in [2.05, 4.69) is 28.4 Å². The van der Waals surface area contributed by atoms with Crippen LogP contribution >= 0.6 is 23.3 Å². The molecule has 0 bridgehead atoms. The van der Waals surface area contributed by atoms with Gasteiger partial charge in [0.15, 0.2) is 4.34 Å². The standard InChI is InChI=1S/C12H15N3S2/c1-8-5-3-4-6-10(8)11(13)7-16-12-14-9(2)15-17-12/h3-6,11H,7,13H2,1-2H3. The Labute approximate surface area is 110 Å². The van der Waals surface area contributed by atoms with Crippen LogP contribution in [0, 0.1) is 13.8 Å². The van der Waals surface area contributed by atoms with Gasteiger partial charge < -0.3 is 5.73 Å². The summed E-state index contributed by atoms with van der Waals surface area (Å²) in [5.74, 6) is 1.67. The van der Waals surface area contributed by atoms with Gasteiger partial charge in [-0.15, -0.1) is 0 Å². The normalized spacial score (nSPS) is 12.6. The number of hydrogen-bond donors (Lipinski definition) is 1. The van der Waals surface area contributed by atoms with Crippen molar-refractivity contribution in [1.82, 2.24) is 9.36 Å². The first-order valence-electron chi connectivity index (χ1n) is 5.41. The Morgan fingerprint density at radius 1 is 1.35 bits per heavy atom. The molecule has 17 heavy (non-hydrogen) atoms. The van der Waals surface area contributed by atoms with Crippen LogP contribution < -0.4 is 5.73 Å². The maximum Gasteiger partial charge on any atom is 0.170 e. The molecule has 0 aliphatic rings. The molecule has 3 nitrogen and oxygen atoms in total. The van der Waals surface area contributed by atoms with Gasteiger partial charge in [0.05, 0.1) is 0 Å². The Hall–Kier alpha value is -0.910. The van der Waals surface area contributed by atoms with Gasteiger partial charge in [-0.1, -0.05) is 36.0 Å². The summed E-state index contributed by atoms with van der Waals surface area (Å²) in [6, 6.07) is 8.29. The fraction of sp³-hybridized carbons (Fsp3) is 0.333. The van der Waals surface area contributed by atoms with Crippen LogP contribution in [0.25, 0.3) is 0 Å². The van der Waals surface area contributed by atoms with Gasteiger partial charge in [0.25, 0.3) is 0 Å². The molecule has 0 amide bonds.